The zero-order valence-corrected chi connectivity index (χ0v) is 12.8. The van der Waals surface area contributed by atoms with Crippen LogP contribution >= 0.6 is 11.6 Å². The summed E-state index contributed by atoms with van der Waals surface area (Å²) in [6.45, 7) is 1.76. The predicted octanol–water partition coefficient (Wildman–Crippen LogP) is 4.11. The van der Waals surface area contributed by atoms with Crippen LogP contribution in [-0.2, 0) is 0 Å². The Bertz CT molecular complexity index is 686. The van der Waals surface area contributed by atoms with Crippen LogP contribution in [0.4, 0.5) is 15.8 Å². The summed E-state index contributed by atoms with van der Waals surface area (Å²) in [7, 11) is 3.73. The number of nitrogens with zero attached hydrogens (tertiary/aromatic N) is 1. The third-order valence-electron chi connectivity index (χ3n) is 3.13. The van der Waals surface area contributed by atoms with Crippen LogP contribution in [0.1, 0.15) is 15.9 Å². The van der Waals surface area contributed by atoms with Crippen LogP contribution in [0.25, 0.3) is 0 Å². The normalized spacial score (nSPS) is 10.3. The molecule has 0 atom stereocenters. The molecule has 0 saturated heterocycles. The van der Waals surface area contributed by atoms with Gasteiger partial charge < -0.3 is 10.2 Å². The zero-order valence-electron chi connectivity index (χ0n) is 12.1. The number of rotatable bonds is 3. The summed E-state index contributed by atoms with van der Waals surface area (Å²) in [4.78, 5) is 14.2. The highest BCUT2D eigenvalue weighted by Gasteiger charge is 2.13. The van der Waals surface area contributed by atoms with E-state index in [1.54, 1.807) is 25.1 Å². The number of anilines is 2. The predicted molar refractivity (Wildman–Crippen MR) is 84.9 cm³/mol. The fraction of sp³-hybridized carbons (Fsp3) is 0.188. The lowest BCUT2D eigenvalue weighted by Gasteiger charge is -2.18. The van der Waals surface area contributed by atoms with E-state index in [2.05, 4.69) is 5.32 Å². The van der Waals surface area contributed by atoms with Crippen LogP contribution < -0.4 is 10.2 Å². The van der Waals surface area contributed by atoms with E-state index in [1.807, 2.05) is 25.1 Å². The molecule has 0 fully saturated rings. The van der Waals surface area contributed by atoms with Gasteiger partial charge in [0.15, 0.2) is 0 Å². The molecule has 21 heavy (non-hydrogen) atoms. The Labute approximate surface area is 128 Å². The zero-order chi connectivity index (χ0) is 15.6. The lowest BCUT2D eigenvalue weighted by molar-refractivity contribution is 0.102. The molecule has 2 aromatic carbocycles. The van der Waals surface area contributed by atoms with Gasteiger partial charge in [0, 0.05) is 24.7 Å². The van der Waals surface area contributed by atoms with Crippen LogP contribution in [0.15, 0.2) is 36.4 Å². The van der Waals surface area contributed by atoms with Gasteiger partial charge in [-0.15, -0.1) is 0 Å². The highest BCUT2D eigenvalue weighted by molar-refractivity contribution is 6.31. The molecule has 3 nitrogen and oxygen atoms in total. The average Bonchev–Trinajstić information content (AvgIpc) is 2.41. The summed E-state index contributed by atoms with van der Waals surface area (Å²) in [6, 6.07) is 9.37. The van der Waals surface area contributed by atoms with Crippen LogP contribution in [0.2, 0.25) is 5.02 Å². The van der Waals surface area contributed by atoms with Crippen molar-refractivity contribution < 1.29 is 9.18 Å². The SMILES string of the molecule is Cc1ccc(F)cc1C(=O)Nc1cc(Cl)ccc1N(C)C. The number of benzene rings is 2. The standard InChI is InChI=1S/C16H16ClFN2O/c1-10-4-6-12(18)9-13(10)16(21)19-14-8-11(17)5-7-15(14)20(2)3/h4-9H,1-3H3,(H,19,21). The first-order valence-corrected chi connectivity index (χ1v) is 6.80. The number of nitrogens with one attached hydrogen (secondary N) is 1. The summed E-state index contributed by atoms with van der Waals surface area (Å²) in [6.07, 6.45) is 0. The first-order chi connectivity index (χ1) is 9.88. The van der Waals surface area contributed by atoms with Crippen molar-refractivity contribution in [1.29, 1.82) is 0 Å². The lowest BCUT2D eigenvalue weighted by atomic mass is 10.1. The van der Waals surface area contributed by atoms with Crippen LogP contribution in [0.5, 0.6) is 0 Å². The van der Waals surface area contributed by atoms with Crippen molar-refractivity contribution in [2.24, 2.45) is 0 Å². The van der Waals surface area contributed by atoms with E-state index in [4.69, 9.17) is 11.6 Å². The maximum atomic E-state index is 13.3. The number of carbonyl (C=O) groups excluding carboxylic acids is 1. The van der Waals surface area contributed by atoms with Gasteiger partial charge in [-0.05, 0) is 42.8 Å². The fourth-order valence-corrected chi connectivity index (χ4v) is 2.20. The summed E-state index contributed by atoms with van der Waals surface area (Å²) < 4.78 is 13.3. The van der Waals surface area contributed by atoms with Crippen molar-refractivity contribution in [1.82, 2.24) is 0 Å². The van der Waals surface area contributed by atoms with Gasteiger partial charge in [-0.25, -0.2) is 4.39 Å². The van der Waals surface area contributed by atoms with E-state index in [0.717, 1.165) is 5.69 Å². The summed E-state index contributed by atoms with van der Waals surface area (Å²) >= 11 is 5.98. The Kier molecular flexibility index (Phi) is 4.48. The maximum absolute atomic E-state index is 13.3. The van der Waals surface area contributed by atoms with Crippen molar-refractivity contribution in [2.45, 2.75) is 6.92 Å². The summed E-state index contributed by atoms with van der Waals surface area (Å²) in [5.74, 6) is -0.804. The second-order valence-electron chi connectivity index (χ2n) is 4.97. The van der Waals surface area contributed by atoms with Crippen LogP contribution in [-0.4, -0.2) is 20.0 Å². The topological polar surface area (TPSA) is 32.3 Å². The molecule has 0 aromatic heterocycles. The highest BCUT2D eigenvalue weighted by atomic mass is 35.5. The molecule has 5 heteroatoms. The molecule has 0 aliphatic heterocycles. The van der Waals surface area contributed by atoms with Gasteiger partial charge in [0.25, 0.3) is 5.91 Å². The summed E-state index contributed by atoms with van der Waals surface area (Å²) in [5, 5.41) is 3.31. The molecule has 0 heterocycles. The molecule has 0 saturated carbocycles. The number of hydrogen-bond acceptors (Lipinski definition) is 2. The first-order valence-electron chi connectivity index (χ1n) is 6.43. The van der Waals surface area contributed by atoms with Gasteiger partial charge in [0.1, 0.15) is 5.82 Å². The fourth-order valence-electron chi connectivity index (χ4n) is 2.03. The molecule has 0 spiro atoms. The Morgan fingerprint density at radius 3 is 2.57 bits per heavy atom. The molecule has 1 amide bonds. The van der Waals surface area contributed by atoms with E-state index in [-0.39, 0.29) is 5.91 Å². The van der Waals surface area contributed by atoms with Crippen molar-refractivity contribution >= 4 is 28.9 Å². The second-order valence-corrected chi connectivity index (χ2v) is 5.41. The first kappa shape index (κ1) is 15.3. The minimum atomic E-state index is -0.440. The second kappa shape index (κ2) is 6.14. The van der Waals surface area contributed by atoms with E-state index < -0.39 is 5.82 Å². The van der Waals surface area contributed by atoms with Gasteiger partial charge in [-0.3, -0.25) is 4.79 Å². The molecule has 110 valence electrons. The minimum Gasteiger partial charge on any atom is -0.376 e. The number of hydrogen-bond donors (Lipinski definition) is 1. The Hall–Kier alpha value is -2.07. The average molecular weight is 307 g/mol. The van der Waals surface area contributed by atoms with E-state index in [0.29, 0.717) is 21.8 Å². The van der Waals surface area contributed by atoms with Crippen LogP contribution in [0.3, 0.4) is 0 Å². The third-order valence-corrected chi connectivity index (χ3v) is 3.37. The highest BCUT2D eigenvalue weighted by Crippen LogP contribution is 2.28. The molecule has 2 rings (SSSR count). The quantitative estimate of drug-likeness (QED) is 0.925. The molecule has 0 unspecified atom stereocenters. The molecular weight excluding hydrogens is 291 g/mol. The Morgan fingerprint density at radius 2 is 1.90 bits per heavy atom. The number of amides is 1. The number of halogens is 2. The van der Waals surface area contributed by atoms with Gasteiger partial charge in [0.2, 0.25) is 0 Å². The van der Waals surface area contributed by atoms with Crippen molar-refractivity contribution in [2.75, 3.05) is 24.3 Å². The van der Waals surface area contributed by atoms with E-state index in [1.165, 1.54) is 12.1 Å². The van der Waals surface area contributed by atoms with E-state index in [9.17, 15) is 9.18 Å². The molecule has 0 bridgehead atoms. The molecule has 0 aliphatic rings. The summed E-state index contributed by atoms with van der Waals surface area (Å²) in [5.41, 5.74) is 2.42. The molecule has 1 N–H and O–H groups in total. The molecule has 0 aliphatic carbocycles. The van der Waals surface area contributed by atoms with Gasteiger partial charge >= 0.3 is 0 Å². The largest absolute Gasteiger partial charge is 0.376 e. The van der Waals surface area contributed by atoms with Gasteiger partial charge in [-0.1, -0.05) is 17.7 Å². The van der Waals surface area contributed by atoms with E-state index >= 15 is 0 Å². The maximum Gasteiger partial charge on any atom is 0.256 e. The Balaban J connectivity index is 2.35. The van der Waals surface area contributed by atoms with Crippen molar-refractivity contribution in [3.63, 3.8) is 0 Å². The third kappa shape index (κ3) is 3.52. The van der Waals surface area contributed by atoms with Gasteiger partial charge in [0.05, 0.1) is 11.4 Å². The monoisotopic (exact) mass is 306 g/mol. The number of carbonyl (C=O) groups is 1. The smallest absolute Gasteiger partial charge is 0.256 e. The van der Waals surface area contributed by atoms with Gasteiger partial charge in [-0.2, -0.15) is 0 Å². The molecule has 2 aromatic rings. The minimum absolute atomic E-state index is 0.305. The lowest BCUT2D eigenvalue weighted by Crippen LogP contribution is -2.17. The Morgan fingerprint density at radius 1 is 1.19 bits per heavy atom. The van der Waals surface area contributed by atoms with Crippen molar-refractivity contribution in [3.8, 4) is 0 Å². The molecular formula is C16H16ClFN2O. The molecule has 0 radical (unpaired) electrons. The van der Waals surface area contributed by atoms with Crippen molar-refractivity contribution in [3.05, 3.63) is 58.4 Å². The number of aryl methyl sites for hydroxylation is 1. The van der Waals surface area contributed by atoms with Crippen LogP contribution in [0, 0.1) is 12.7 Å².